The van der Waals surface area contributed by atoms with Crippen LogP contribution in [-0.4, -0.2) is 4.98 Å². The van der Waals surface area contributed by atoms with Crippen LogP contribution < -0.4 is 5.73 Å². The Hall–Kier alpha value is -0.770. The average Bonchev–Trinajstić information content (AvgIpc) is 2.82. The summed E-state index contributed by atoms with van der Waals surface area (Å²) in [6.45, 7) is 0. The van der Waals surface area contributed by atoms with E-state index >= 15 is 0 Å². The lowest BCUT2D eigenvalue weighted by Crippen LogP contribution is -2.03. The first-order valence-corrected chi connectivity index (χ1v) is 8.44. The zero-order chi connectivity index (χ0) is 14.1. The Balaban J connectivity index is 1.95. The van der Waals surface area contributed by atoms with Crippen molar-refractivity contribution < 1.29 is 0 Å². The van der Waals surface area contributed by atoms with Gasteiger partial charge < -0.3 is 5.73 Å². The van der Waals surface area contributed by atoms with Gasteiger partial charge in [0.15, 0.2) is 0 Å². The van der Waals surface area contributed by atoms with Crippen molar-refractivity contribution in [3.8, 4) is 11.3 Å². The molecular weight excluding hydrogens is 311 g/mol. The Bertz CT molecular complexity index is 618. The van der Waals surface area contributed by atoms with Crippen molar-refractivity contribution in [1.82, 2.24) is 4.98 Å². The topological polar surface area (TPSA) is 38.9 Å². The van der Waals surface area contributed by atoms with Gasteiger partial charge in [0.25, 0.3) is 0 Å². The van der Waals surface area contributed by atoms with Gasteiger partial charge in [0.05, 0.1) is 10.0 Å². The minimum Gasteiger partial charge on any atom is -0.389 e. The summed E-state index contributed by atoms with van der Waals surface area (Å²) in [5, 5.41) is 3.13. The number of nitrogens with two attached hydrogens (primary N) is 1. The molecule has 1 aromatic heterocycles. The van der Waals surface area contributed by atoms with Crippen molar-refractivity contribution in [2.24, 2.45) is 0 Å². The number of nitrogens with zero attached hydrogens (tertiary/aromatic N) is 1. The van der Waals surface area contributed by atoms with Gasteiger partial charge >= 0.3 is 0 Å². The molecule has 1 fully saturated rings. The maximum Gasteiger partial charge on any atom is 0.114 e. The maximum atomic E-state index is 6.26. The summed E-state index contributed by atoms with van der Waals surface area (Å²) in [4.78, 5) is 4.76. The van der Waals surface area contributed by atoms with Crippen molar-refractivity contribution in [3.63, 3.8) is 0 Å². The molecule has 5 heteroatoms. The van der Waals surface area contributed by atoms with Crippen LogP contribution in [0.5, 0.6) is 0 Å². The molecule has 3 rings (SSSR count). The molecule has 106 valence electrons. The van der Waals surface area contributed by atoms with E-state index in [2.05, 4.69) is 0 Å². The van der Waals surface area contributed by atoms with Crippen molar-refractivity contribution in [1.29, 1.82) is 0 Å². The highest BCUT2D eigenvalue weighted by molar-refractivity contribution is 7.16. The standard InChI is InChI=1S/C15H16Cl2N2S/c16-10-6-7-11(12(17)8-10)13-14(18)20-15(19-13)9-4-2-1-3-5-9/h6-9H,1-5,18H2. The average molecular weight is 327 g/mol. The third kappa shape index (κ3) is 2.80. The molecule has 0 spiro atoms. The first kappa shape index (κ1) is 14.2. The summed E-state index contributed by atoms with van der Waals surface area (Å²) in [5.74, 6) is 0.566. The molecule has 0 atom stereocenters. The van der Waals surface area contributed by atoms with E-state index in [0.717, 1.165) is 21.3 Å². The molecular formula is C15H16Cl2N2S. The van der Waals surface area contributed by atoms with E-state index < -0.39 is 0 Å². The lowest BCUT2D eigenvalue weighted by Gasteiger charge is -2.18. The third-order valence-electron chi connectivity index (χ3n) is 3.81. The van der Waals surface area contributed by atoms with Crippen molar-refractivity contribution >= 4 is 39.5 Å². The Morgan fingerprint density at radius 2 is 1.90 bits per heavy atom. The van der Waals surface area contributed by atoms with Gasteiger partial charge in [-0.1, -0.05) is 42.5 Å². The highest BCUT2D eigenvalue weighted by atomic mass is 35.5. The molecule has 0 radical (unpaired) electrons. The zero-order valence-electron chi connectivity index (χ0n) is 11.0. The molecule has 0 saturated heterocycles. The fraction of sp³-hybridized carbons (Fsp3) is 0.400. The normalized spacial score (nSPS) is 16.5. The second-order valence-electron chi connectivity index (χ2n) is 5.22. The molecule has 1 aromatic carbocycles. The third-order valence-corrected chi connectivity index (χ3v) is 5.41. The smallest absolute Gasteiger partial charge is 0.114 e. The van der Waals surface area contributed by atoms with E-state index in [1.165, 1.54) is 32.1 Å². The summed E-state index contributed by atoms with van der Waals surface area (Å²) in [5.41, 5.74) is 7.82. The Morgan fingerprint density at radius 3 is 2.60 bits per heavy atom. The van der Waals surface area contributed by atoms with Crippen LogP contribution in [0.4, 0.5) is 5.00 Å². The van der Waals surface area contributed by atoms with Crippen molar-refractivity contribution in [2.75, 3.05) is 5.73 Å². The molecule has 1 aliphatic rings. The van der Waals surface area contributed by atoms with Crippen LogP contribution in [0.3, 0.4) is 0 Å². The second kappa shape index (κ2) is 5.92. The second-order valence-corrected chi connectivity index (χ2v) is 7.13. The SMILES string of the molecule is Nc1sc(C2CCCCC2)nc1-c1ccc(Cl)cc1Cl. The molecule has 1 aliphatic carbocycles. The molecule has 2 N–H and O–H groups in total. The predicted molar refractivity (Wildman–Crippen MR) is 87.8 cm³/mol. The van der Waals surface area contributed by atoms with Crippen LogP contribution in [0.2, 0.25) is 10.0 Å². The first-order valence-electron chi connectivity index (χ1n) is 6.87. The van der Waals surface area contributed by atoms with Crippen LogP contribution in [0, 0.1) is 0 Å². The van der Waals surface area contributed by atoms with E-state index in [1.807, 2.05) is 12.1 Å². The van der Waals surface area contributed by atoms with Gasteiger partial charge in [0, 0.05) is 16.5 Å². The van der Waals surface area contributed by atoms with Crippen LogP contribution in [0.25, 0.3) is 11.3 Å². The van der Waals surface area contributed by atoms with E-state index in [1.54, 1.807) is 17.4 Å². The summed E-state index contributed by atoms with van der Waals surface area (Å²) in [6.07, 6.45) is 6.37. The highest BCUT2D eigenvalue weighted by Gasteiger charge is 2.22. The molecule has 20 heavy (non-hydrogen) atoms. The lowest BCUT2D eigenvalue weighted by atomic mass is 9.90. The van der Waals surface area contributed by atoms with Gasteiger partial charge in [-0.3, -0.25) is 0 Å². The Kier molecular flexibility index (Phi) is 4.20. The van der Waals surface area contributed by atoms with Gasteiger partial charge in [0.2, 0.25) is 0 Å². The first-order chi connectivity index (χ1) is 9.65. The molecule has 0 unspecified atom stereocenters. The molecule has 2 aromatic rings. The zero-order valence-corrected chi connectivity index (χ0v) is 13.4. The Labute approximate surface area is 132 Å². The number of nitrogen functional groups attached to an aromatic ring is 1. The largest absolute Gasteiger partial charge is 0.389 e. The fourth-order valence-electron chi connectivity index (χ4n) is 2.75. The van der Waals surface area contributed by atoms with E-state index in [9.17, 15) is 0 Å². The predicted octanol–water partition coefficient (Wildman–Crippen LogP) is 5.75. The van der Waals surface area contributed by atoms with Gasteiger partial charge in [0.1, 0.15) is 10.7 Å². The van der Waals surface area contributed by atoms with Gasteiger partial charge in [-0.15, -0.1) is 11.3 Å². The number of aromatic nitrogens is 1. The minimum atomic E-state index is 0.566. The fourth-order valence-corrected chi connectivity index (χ4v) is 4.26. The number of anilines is 1. The molecule has 0 aliphatic heterocycles. The monoisotopic (exact) mass is 326 g/mol. The molecule has 0 bridgehead atoms. The number of rotatable bonds is 2. The highest BCUT2D eigenvalue weighted by Crippen LogP contribution is 2.41. The van der Waals surface area contributed by atoms with Gasteiger partial charge in [-0.2, -0.15) is 0 Å². The van der Waals surface area contributed by atoms with E-state index in [0.29, 0.717) is 16.0 Å². The summed E-state index contributed by atoms with van der Waals surface area (Å²) >= 11 is 13.8. The molecule has 1 saturated carbocycles. The van der Waals surface area contributed by atoms with Gasteiger partial charge in [-0.05, 0) is 31.0 Å². The number of hydrogen-bond acceptors (Lipinski definition) is 3. The molecule has 2 nitrogen and oxygen atoms in total. The van der Waals surface area contributed by atoms with Crippen LogP contribution in [0.15, 0.2) is 18.2 Å². The maximum absolute atomic E-state index is 6.26. The summed E-state index contributed by atoms with van der Waals surface area (Å²) in [7, 11) is 0. The van der Waals surface area contributed by atoms with Crippen molar-refractivity contribution in [2.45, 2.75) is 38.0 Å². The number of benzene rings is 1. The number of thiazole rings is 1. The van der Waals surface area contributed by atoms with E-state index in [4.69, 9.17) is 33.9 Å². The van der Waals surface area contributed by atoms with Crippen LogP contribution in [0.1, 0.15) is 43.0 Å². The van der Waals surface area contributed by atoms with Crippen molar-refractivity contribution in [3.05, 3.63) is 33.3 Å². The van der Waals surface area contributed by atoms with E-state index in [-0.39, 0.29) is 0 Å². The lowest BCUT2D eigenvalue weighted by molar-refractivity contribution is 0.442. The molecule has 1 heterocycles. The number of halogens is 2. The summed E-state index contributed by atoms with van der Waals surface area (Å²) in [6, 6.07) is 5.44. The molecule has 0 amide bonds. The van der Waals surface area contributed by atoms with Gasteiger partial charge in [-0.25, -0.2) is 4.98 Å². The number of hydrogen-bond donors (Lipinski definition) is 1. The summed E-state index contributed by atoms with van der Waals surface area (Å²) < 4.78 is 0. The van der Waals surface area contributed by atoms with Crippen LogP contribution >= 0.6 is 34.5 Å². The quantitative estimate of drug-likeness (QED) is 0.763. The Morgan fingerprint density at radius 1 is 1.15 bits per heavy atom. The van der Waals surface area contributed by atoms with Crippen LogP contribution in [-0.2, 0) is 0 Å². The minimum absolute atomic E-state index is 0.566.